The molecule has 0 aromatic rings. The van der Waals surface area contributed by atoms with Crippen molar-refractivity contribution < 1.29 is 48.1 Å². The number of nitrogens with one attached hydrogen (secondary N) is 2. The van der Waals surface area contributed by atoms with Crippen LogP contribution in [-0.2, 0) is 38.2 Å². The fourth-order valence-electron chi connectivity index (χ4n) is 3.79. The van der Waals surface area contributed by atoms with Crippen molar-refractivity contribution in [1.82, 2.24) is 15.5 Å². The van der Waals surface area contributed by atoms with Crippen molar-refractivity contribution in [2.24, 2.45) is 5.92 Å². The van der Waals surface area contributed by atoms with E-state index in [-0.39, 0.29) is 31.7 Å². The Hall–Kier alpha value is -3.22. The van der Waals surface area contributed by atoms with Crippen molar-refractivity contribution in [3.8, 4) is 0 Å². The van der Waals surface area contributed by atoms with E-state index in [9.17, 15) is 28.8 Å². The van der Waals surface area contributed by atoms with Crippen LogP contribution in [0.2, 0.25) is 0 Å². The van der Waals surface area contributed by atoms with Gasteiger partial charge < -0.3 is 34.9 Å². The van der Waals surface area contributed by atoms with Crippen LogP contribution in [0.25, 0.3) is 0 Å². The molecule has 0 aromatic carbocycles. The number of likely N-dealkylation sites (tertiary alicyclic amines) is 1. The predicted molar refractivity (Wildman–Crippen MR) is 150 cm³/mol. The fraction of sp³-hybridized carbons (Fsp3) is 0.786. The Morgan fingerprint density at radius 3 is 1.95 bits per heavy atom. The molecule has 0 aliphatic carbocycles. The van der Waals surface area contributed by atoms with Crippen LogP contribution in [0.5, 0.6) is 0 Å². The number of ether oxygens (including phenoxy) is 3. The van der Waals surface area contributed by atoms with Gasteiger partial charge in [0.2, 0.25) is 11.8 Å². The number of amides is 3. The molecule has 13 nitrogen and oxygen atoms in total. The molecule has 1 aliphatic heterocycles. The third-order valence-corrected chi connectivity index (χ3v) is 5.42. The summed E-state index contributed by atoms with van der Waals surface area (Å²) >= 11 is 0. The molecule has 1 saturated heterocycles. The van der Waals surface area contributed by atoms with E-state index in [1.807, 2.05) is 13.8 Å². The van der Waals surface area contributed by atoms with Gasteiger partial charge in [0.25, 0.3) is 5.78 Å². The molecule has 3 amide bonds. The van der Waals surface area contributed by atoms with Gasteiger partial charge in [0.05, 0.1) is 25.9 Å². The minimum Gasteiger partial charge on any atom is -0.469 e. The Kier molecular flexibility index (Phi) is 15.6. The molecule has 3 N–H and O–H groups in total. The van der Waals surface area contributed by atoms with Gasteiger partial charge in [0.1, 0.15) is 17.7 Å². The van der Waals surface area contributed by atoms with Gasteiger partial charge in [-0.1, -0.05) is 13.8 Å². The first kappa shape index (κ1) is 37.8. The maximum Gasteiger partial charge on any atom is 0.408 e. The summed E-state index contributed by atoms with van der Waals surface area (Å²) in [5, 5.41) is 13.6. The quantitative estimate of drug-likeness (QED) is 0.184. The van der Waals surface area contributed by atoms with Crippen molar-refractivity contribution in [2.75, 3.05) is 20.8 Å². The van der Waals surface area contributed by atoms with Crippen LogP contribution in [0.15, 0.2) is 0 Å². The molecule has 3 atom stereocenters. The van der Waals surface area contributed by atoms with E-state index in [2.05, 4.69) is 20.1 Å². The van der Waals surface area contributed by atoms with E-state index in [0.29, 0.717) is 12.8 Å². The van der Waals surface area contributed by atoms with Gasteiger partial charge >= 0.3 is 18.0 Å². The molecule has 0 bridgehead atoms. The van der Waals surface area contributed by atoms with Crippen LogP contribution < -0.4 is 10.6 Å². The normalized spacial score (nSPS) is 16.5. The van der Waals surface area contributed by atoms with Gasteiger partial charge in [-0.25, -0.2) is 9.59 Å². The number of alkyl carbamates (subject to hydrolysis) is 1. The van der Waals surface area contributed by atoms with E-state index in [4.69, 9.17) is 9.84 Å². The zero-order valence-electron chi connectivity index (χ0n) is 26.1. The zero-order valence-corrected chi connectivity index (χ0v) is 26.1. The molecule has 1 unspecified atom stereocenters. The van der Waals surface area contributed by atoms with Gasteiger partial charge in [-0.2, -0.15) is 0 Å². The molecular formula is C28H49N3O10. The number of rotatable bonds is 11. The van der Waals surface area contributed by atoms with E-state index in [1.54, 1.807) is 41.5 Å². The Morgan fingerprint density at radius 2 is 1.49 bits per heavy atom. The van der Waals surface area contributed by atoms with Crippen LogP contribution >= 0.6 is 0 Å². The number of carbonyl (C=O) groups is 6. The summed E-state index contributed by atoms with van der Waals surface area (Å²) in [6, 6.07) is -3.16. The molecule has 13 heteroatoms. The lowest BCUT2D eigenvalue weighted by molar-refractivity contribution is -0.153. The third kappa shape index (κ3) is 16.0. The smallest absolute Gasteiger partial charge is 0.408 e. The molecule has 1 aliphatic rings. The molecule has 1 heterocycles. The van der Waals surface area contributed by atoms with Gasteiger partial charge in [0, 0.05) is 13.0 Å². The molecule has 1 fully saturated rings. The third-order valence-electron chi connectivity index (χ3n) is 5.42. The molecule has 236 valence electrons. The van der Waals surface area contributed by atoms with Crippen LogP contribution in [0, 0.1) is 5.92 Å². The molecule has 1 rings (SSSR count). The summed E-state index contributed by atoms with van der Waals surface area (Å²) in [5.41, 5.74) is -1.31. The van der Waals surface area contributed by atoms with Gasteiger partial charge in [0.15, 0.2) is 0 Å². The van der Waals surface area contributed by atoms with Crippen LogP contribution in [-0.4, -0.2) is 95.7 Å². The summed E-state index contributed by atoms with van der Waals surface area (Å²) < 4.78 is 14.4. The van der Waals surface area contributed by atoms with Crippen LogP contribution in [0.1, 0.15) is 87.5 Å². The number of nitrogens with zero attached hydrogens (tertiary/aromatic N) is 1. The predicted octanol–water partition coefficient (Wildman–Crippen LogP) is 1.87. The summed E-state index contributed by atoms with van der Waals surface area (Å²) in [7, 11) is 2.29. The highest BCUT2D eigenvalue weighted by Crippen LogP contribution is 2.21. The van der Waals surface area contributed by atoms with Crippen molar-refractivity contribution in [3.63, 3.8) is 0 Å². The van der Waals surface area contributed by atoms with Crippen molar-refractivity contribution in [1.29, 1.82) is 0 Å². The first-order chi connectivity index (χ1) is 18.7. The van der Waals surface area contributed by atoms with E-state index in [1.165, 1.54) is 12.0 Å². The topological polar surface area (TPSA) is 178 Å². The SMILES string of the molecule is CC(C)(C)O.COC(=O)CC[C@H](NC(=O)OC(C)(C)C)C(=O)N1CCCC1C(=O)N[C@@H](CC(C)C)C(=O)C(=O)OC. The highest BCUT2D eigenvalue weighted by molar-refractivity contribution is 6.36. The highest BCUT2D eigenvalue weighted by atomic mass is 16.6. The summed E-state index contributed by atoms with van der Waals surface area (Å²) in [6.07, 6.45) is 0.00661. The fourth-order valence-corrected chi connectivity index (χ4v) is 3.79. The molecule has 0 radical (unpaired) electrons. The highest BCUT2D eigenvalue weighted by Gasteiger charge is 2.40. The summed E-state index contributed by atoms with van der Waals surface area (Å²) in [4.78, 5) is 76.0. The number of carbonyl (C=O) groups excluding carboxylic acids is 6. The number of Topliss-reactive ketones (excluding diaryl/α,β-unsaturated/α-hetero) is 1. The minimum atomic E-state index is -1.14. The van der Waals surface area contributed by atoms with Crippen LogP contribution in [0.4, 0.5) is 4.79 Å². The Bertz CT molecular complexity index is 915. The number of ketones is 1. The monoisotopic (exact) mass is 587 g/mol. The lowest BCUT2D eigenvalue weighted by Crippen LogP contribution is -2.56. The number of hydrogen-bond donors (Lipinski definition) is 3. The van der Waals surface area contributed by atoms with Crippen molar-refractivity contribution >= 4 is 35.6 Å². The van der Waals surface area contributed by atoms with E-state index >= 15 is 0 Å². The Balaban J connectivity index is 0.00000292. The lowest BCUT2D eigenvalue weighted by atomic mass is 9.99. The van der Waals surface area contributed by atoms with Gasteiger partial charge in [-0.05, 0) is 73.1 Å². The number of methoxy groups -OCH3 is 2. The Labute approximate surface area is 243 Å². The average Bonchev–Trinajstić information content (AvgIpc) is 3.32. The van der Waals surface area contributed by atoms with Gasteiger partial charge in [-0.15, -0.1) is 0 Å². The largest absolute Gasteiger partial charge is 0.469 e. The second-order valence-corrected chi connectivity index (χ2v) is 12.2. The summed E-state index contributed by atoms with van der Waals surface area (Å²) in [6.45, 7) is 14.1. The van der Waals surface area contributed by atoms with Crippen molar-refractivity contribution in [2.45, 2.75) is 117 Å². The number of esters is 2. The first-order valence-corrected chi connectivity index (χ1v) is 13.7. The molecule has 0 saturated carbocycles. The zero-order chi connectivity index (χ0) is 32.1. The molecule has 41 heavy (non-hydrogen) atoms. The molecular weight excluding hydrogens is 538 g/mol. The second kappa shape index (κ2) is 16.9. The van der Waals surface area contributed by atoms with Crippen LogP contribution in [0.3, 0.4) is 0 Å². The second-order valence-electron chi connectivity index (χ2n) is 12.2. The Morgan fingerprint density at radius 1 is 0.927 bits per heavy atom. The van der Waals surface area contributed by atoms with Gasteiger partial charge in [-0.3, -0.25) is 19.2 Å². The maximum atomic E-state index is 13.4. The molecule has 0 spiro atoms. The number of hydrogen-bond acceptors (Lipinski definition) is 10. The lowest BCUT2D eigenvalue weighted by Gasteiger charge is -2.30. The van der Waals surface area contributed by atoms with E-state index < -0.39 is 65.0 Å². The summed E-state index contributed by atoms with van der Waals surface area (Å²) in [5.74, 6) is -3.67. The maximum absolute atomic E-state index is 13.4. The minimum absolute atomic E-state index is 0.00838. The number of aliphatic hydroxyl groups is 1. The first-order valence-electron chi connectivity index (χ1n) is 13.7. The molecule has 0 aromatic heterocycles. The standard InChI is InChI=1S/C24H39N3O9.C4H10O/c1-14(2)13-16(19(29)22(32)35-7)25-20(30)17-9-8-12-27(17)21(31)15(10-11-18(28)34-6)26-23(33)36-24(3,4)5;1-4(2,3)5/h14-17H,8-13H2,1-7H3,(H,25,30)(H,26,33);5H,1-3H3/t15-,16-,17?;/m0./s1. The van der Waals surface area contributed by atoms with E-state index in [0.717, 1.165) is 7.11 Å². The van der Waals surface area contributed by atoms with Crippen molar-refractivity contribution in [3.05, 3.63) is 0 Å². The average molecular weight is 588 g/mol.